The number of fused-ring (bicyclic) bond motifs is 1. The number of nitrogens with zero attached hydrogens (tertiary/aromatic N) is 3. The minimum absolute atomic E-state index is 0.371. The molecule has 0 bridgehead atoms. The number of carboxylic acid groups (broad SMARTS) is 1. The molecule has 23 heavy (non-hydrogen) atoms. The fraction of sp³-hybridized carbons (Fsp3) is 0.786. The van der Waals surface area contributed by atoms with E-state index < -0.39 is 12.1 Å². The Hall–Kier alpha value is -1.64. The molecule has 0 aromatic carbocycles. The van der Waals surface area contributed by atoms with Crippen molar-refractivity contribution >= 4 is 5.97 Å². The summed E-state index contributed by atoms with van der Waals surface area (Å²) >= 11 is 0. The molecule has 1 saturated carbocycles. The van der Waals surface area contributed by atoms with Crippen molar-refractivity contribution in [3.8, 4) is 0 Å². The van der Waals surface area contributed by atoms with Crippen molar-refractivity contribution < 1.29 is 23.1 Å². The zero-order valence-corrected chi connectivity index (χ0v) is 12.7. The molecule has 2 aliphatic rings. The number of halogens is 3. The van der Waals surface area contributed by atoms with Crippen LogP contribution in [-0.4, -0.2) is 38.1 Å². The van der Waals surface area contributed by atoms with Crippen molar-refractivity contribution in [2.75, 3.05) is 0 Å². The minimum atomic E-state index is -5.08. The van der Waals surface area contributed by atoms with E-state index in [-0.39, 0.29) is 0 Å². The van der Waals surface area contributed by atoms with Gasteiger partial charge in [-0.1, -0.05) is 6.42 Å². The molecule has 6 nitrogen and oxygen atoms in total. The average molecular weight is 334 g/mol. The maximum Gasteiger partial charge on any atom is 0.490 e. The highest BCUT2D eigenvalue weighted by Crippen LogP contribution is 2.32. The fourth-order valence-electron chi connectivity index (χ4n) is 3.09. The van der Waals surface area contributed by atoms with Crippen LogP contribution in [-0.2, 0) is 17.8 Å². The van der Waals surface area contributed by atoms with Gasteiger partial charge >= 0.3 is 12.1 Å². The standard InChI is InChI=1S/C12H20N4.C2HF3O2/c13-10-5-3-4-9(8-10)12-15-14-11-6-1-2-7-16(11)12;3-2(4,5)1(6)7/h9-10H,1-8,13H2;(H,6,7)/t9-,10+;/m0./s1. The number of aryl methyl sites for hydroxylation is 1. The quantitative estimate of drug-likeness (QED) is 0.821. The van der Waals surface area contributed by atoms with E-state index in [9.17, 15) is 13.2 Å². The number of hydrogen-bond donors (Lipinski definition) is 2. The lowest BCUT2D eigenvalue weighted by Crippen LogP contribution is -2.28. The van der Waals surface area contributed by atoms with Gasteiger partial charge in [0.05, 0.1) is 0 Å². The molecule has 1 aromatic rings. The molecule has 1 fully saturated rings. The molecular weight excluding hydrogens is 313 g/mol. The summed E-state index contributed by atoms with van der Waals surface area (Å²) in [6, 6.07) is 0.371. The number of carboxylic acids is 1. The van der Waals surface area contributed by atoms with Gasteiger partial charge in [-0.3, -0.25) is 0 Å². The summed E-state index contributed by atoms with van der Waals surface area (Å²) in [4.78, 5) is 8.90. The molecule has 1 aromatic heterocycles. The molecule has 0 amide bonds. The molecular formula is C14H21F3N4O2. The van der Waals surface area contributed by atoms with Gasteiger partial charge in [-0.05, 0) is 32.1 Å². The molecule has 2 heterocycles. The fourth-order valence-corrected chi connectivity index (χ4v) is 3.09. The first-order chi connectivity index (χ1) is 10.8. The maximum atomic E-state index is 10.6. The number of alkyl halides is 3. The van der Waals surface area contributed by atoms with Gasteiger partial charge in [-0.25, -0.2) is 4.79 Å². The first kappa shape index (κ1) is 17.7. The molecule has 130 valence electrons. The molecule has 9 heteroatoms. The van der Waals surface area contributed by atoms with Crippen LogP contribution in [0.4, 0.5) is 13.2 Å². The van der Waals surface area contributed by atoms with Crippen LogP contribution in [0.1, 0.15) is 56.1 Å². The number of rotatable bonds is 1. The van der Waals surface area contributed by atoms with Gasteiger partial charge in [0.2, 0.25) is 0 Å². The Labute approximate surface area is 131 Å². The summed E-state index contributed by atoms with van der Waals surface area (Å²) in [5.74, 6) is 0.209. The van der Waals surface area contributed by atoms with E-state index in [1.807, 2.05) is 0 Å². The summed E-state index contributed by atoms with van der Waals surface area (Å²) in [5, 5.41) is 15.9. The number of nitrogens with two attached hydrogens (primary N) is 1. The van der Waals surface area contributed by atoms with Gasteiger partial charge in [-0.15, -0.1) is 10.2 Å². The van der Waals surface area contributed by atoms with E-state index in [2.05, 4.69) is 14.8 Å². The Balaban J connectivity index is 0.000000236. The third-order valence-corrected chi connectivity index (χ3v) is 4.21. The molecule has 2 atom stereocenters. The van der Waals surface area contributed by atoms with Crippen LogP contribution in [0.5, 0.6) is 0 Å². The molecule has 0 radical (unpaired) electrons. The Morgan fingerprint density at radius 3 is 2.52 bits per heavy atom. The summed E-state index contributed by atoms with van der Waals surface area (Å²) in [7, 11) is 0. The highest BCUT2D eigenvalue weighted by atomic mass is 19.4. The lowest BCUT2D eigenvalue weighted by atomic mass is 9.85. The summed E-state index contributed by atoms with van der Waals surface area (Å²) < 4.78 is 34.1. The SMILES string of the molecule is N[C@@H]1CCC[C@H](c2nnc3n2CCCC3)C1.O=C(O)C(F)(F)F. The van der Waals surface area contributed by atoms with Crippen molar-refractivity contribution in [3.05, 3.63) is 11.6 Å². The van der Waals surface area contributed by atoms with E-state index in [1.165, 1.54) is 43.8 Å². The minimum Gasteiger partial charge on any atom is -0.475 e. The predicted octanol–water partition coefficient (Wildman–Crippen LogP) is 2.23. The molecule has 0 unspecified atom stereocenters. The zero-order chi connectivity index (χ0) is 17.0. The van der Waals surface area contributed by atoms with Gasteiger partial charge in [0.15, 0.2) is 0 Å². The highest BCUT2D eigenvalue weighted by Gasteiger charge is 2.38. The monoisotopic (exact) mass is 334 g/mol. The average Bonchev–Trinajstić information content (AvgIpc) is 2.91. The van der Waals surface area contributed by atoms with Gasteiger partial charge in [0.25, 0.3) is 0 Å². The van der Waals surface area contributed by atoms with Gasteiger partial charge in [0, 0.05) is 24.9 Å². The Kier molecular flexibility index (Phi) is 5.61. The highest BCUT2D eigenvalue weighted by molar-refractivity contribution is 5.73. The van der Waals surface area contributed by atoms with E-state index in [4.69, 9.17) is 15.6 Å². The Morgan fingerprint density at radius 2 is 1.91 bits per heavy atom. The topological polar surface area (TPSA) is 94.0 Å². The maximum absolute atomic E-state index is 10.6. The summed E-state index contributed by atoms with van der Waals surface area (Å²) in [6.07, 6.45) is 3.32. The smallest absolute Gasteiger partial charge is 0.475 e. The predicted molar refractivity (Wildman–Crippen MR) is 75.8 cm³/mol. The van der Waals surface area contributed by atoms with Crippen LogP contribution in [0, 0.1) is 0 Å². The van der Waals surface area contributed by atoms with Gasteiger partial charge < -0.3 is 15.4 Å². The van der Waals surface area contributed by atoms with Gasteiger partial charge in [-0.2, -0.15) is 13.2 Å². The lowest BCUT2D eigenvalue weighted by Gasteiger charge is -2.27. The van der Waals surface area contributed by atoms with Crippen LogP contribution in [0.2, 0.25) is 0 Å². The van der Waals surface area contributed by atoms with E-state index in [0.717, 1.165) is 19.4 Å². The van der Waals surface area contributed by atoms with Crippen molar-refractivity contribution in [3.63, 3.8) is 0 Å². The van der Waals surface area contributed by atoms with E-state index in [1.54, 1.807) is 0 Å². The number of carbonyl (C=O) groups is 1. The molecule has 3 N–H and O–H groups in total. The first-order valence-electron chi connectivity index (χ1n) is 7.76. The van der Waals surface area contributed by atoms with Crippen molar-refractivity contribution in [1.82, 2.24) is 14.8 Å². The van der Waals surface area contributed by atoms with Crippen molar-refractivity contribution in [2.45, 2.75) is 69.6 Å². The molecule has 1 aliphatic heterocycles. The number of aliphatic carboxylic acids is 1. The van der Waals surface area contributed by atoms with Crippen LogP contribution >= 0.6 is 0 Å². The molecule has 0 spiro atoms. The van der Waals surface area contributed by atoms with Crippen LogP contribution in [0.3, 0.4) is 0 Å². The van der Waals surface area contributed by atoms with Crippen molar-refractivity contribution in [1.29, 1.82) is 0 Å². The van der Waals surface area contributed by atoms with E-state index in [0.29, 0.717) is 12.0 Å². The Morgan fingerprint density at radius 1 is 1.22 bits per heavy atom. The van der Waals surface area contributed by atoms with Gasteiger partial charge in [0.1, 0.15) is 11.6 Å². The van der Waals surface area contributed by atoms with Crippen LogP contribution in [0.25, 0.3) is 0 Å². The third-order valence-electron chi connectivity index (χ3n) is 4.21. The second kappa shape index (κ2) is 7.29. The second-order valence-corrected chi connectivity index (χ2v) is 6.01. The third kappa shape index (κ3) is 4.66. The molecule has 3 rings (SSSR count). The van der Waals surface area contributed by atoms with Crippen LogP contribution < -0.4 is 5.73 Å². The van der Waals surface area contributed by atoms with Crippen molar-refractivity contribution in [2.24, 2.45) is 5.73 Å². The Bertz CT molecular complexity index is 545. The summed E-state index contributed by atoms with van der Waals surface area (Å²) in [5.41, 5.74) is 6.05. The summed E-state index contributed by atoms with van der Waals surface area (Å²) in [6.45, 7) is 1.11. The largest absolute Gasteiger partial charge is 0.490 e. The second-order valence-electron chi connectivity index (χ2n) is 6.01. The molecule has 0 saturated heterocycles. The number of aromatic nitrogens is 3. The number of hydrogen-bond acceptors (Lipinski definition) is 4. The zero-order valence-electron chi connectivity index (χ0n) is 12.7. The molecule has 1 aliphatic carbocycles. The first-order valence-corrected chi connectivity index (χ1v) is 7.76. The lowest BCUT2D eigenvalue weighted by molar-refractivity contribution is -0.192. The van der Waals surface area contributed by atoms with E-state index >= 15 is 0 Å². The normalized spacial score (nSPS) is 24.3. The van der Waals surface area contributed by atoms with Crippen LogP contribution in [0.15, 0.2) is 0 Å².